The van der Waals surface area contributed by atoms with Crippen molar-refractivity contribution in [2.24, 2.45) is 36.6 Å². The SMILES string of the molecule is CC(C)CC(C)c1ncnc(-c2ccccc2O)n1.CCC(C)c1ccnc(-c2[n-]c(C(C)CC)cc2C(C)CC)c1.CCC(C)c1cnc(-c2ccccc2O)cn1.Cn1c(-c2ccccc2O)nc2ccc(C3C4CC5CC(C4)CC3C5)cc21.[Co].[Pd].[Pt].[Pt]. The van der Waals surface area contributed by atoms with E-state index in [1.807, 2.05) is 48.7 Å². The summed E-state index contributed by atoms with van der Waals surface area (Å²) in [5.74, 6) is 10.3. The number of nitrogens with zero attached hydrogens (tertiary/aromatic N) is 9. The van der Waals surface area contributed by atoms with E-state index < -0.39 is 0 Å². The molecule has 12 nitrogen and oxygen atoms in total. The molecule has 5 heterocycles. The van der Waals surface area contributed by atoms with Gasteiger partial charge in [-0.25, -0.2) is 19.9 Å². The van der Waals surface area contributed by atoms with Crippen LogP contribution in [0.1, 0.15) is 210 Å². The number of aromatic hydroxyl groups is 3. The Kier molecular flexibility index (Phi) is 29.5. The van der Waals surface area contributed by atoms with Gasteiger partial charge in [-0.05, 0) is 189 Å². The summed E-state index contributed by atoms with van der Waals surface area (Å²) in [7, 11) is 2.07. The van der Waals surface area contributed by atoms with Crippen molar-refractivity contribution in [1.82, 2.24) is 44.4 Å². The normalized spacial score (nSPS) is 18.4. The van der Waals surface area contributed by atoms with E-state index in [4.69, 9.17) is 9.97 Å². The van der Waals surface area contributed by atoms with E-state index >= 15 is 0 Å². The standard InChI is InChI=1S/C24H26N2O.C21H31N2.C15H19N3O.C14H16N2O.Co.Pd.2Pt/c1-26-21-13-16(23-17-9-14-8-15(11-17)12-18(23)10-14)6-7-20(21)25-24(26)19-4-2-3-5-22(19)27;1-7-14(4)17-10-11-22-20(12-17)21-18(15(5)8-2)13-19(23-21)16(6)9-3;1-10(2)8-11(3)14-16-9-17-15(18-14)12-6-4-5-7-13(12)19;1-3-10(2)12-8-16-13(9-15-12)11-6-4-5-7-14(11)17;;;;/h2-7,13-15,17-18,23,27H,8-12H2,1H3;10-16H,7-9H2,1-6H3;4-7,9-11,19H,8H2,1-3H3;4-10,17H,3H2,1-2H3;;;;/q;-1;;;;;;. The molecule has 3 N–H and O–H groups in total. The van der Waals surface area contributed by atoms with Gasteiger partial charge in [-0.3, -0.25) is 15.0 Å². The molecule has 4 fully saturated rings. The first-order valence-electron chi connectivity index (χ1n) is 31.9. The van der Waals surface area contributed by atoms with Gasteiger partial charge in [0, 0.05) is 116 Å². The monoisotopic (exact) mass is 1710 g/mol. The van der Waals surface area contributed by atoms with Gasteiger partial charge in [-0.15, -0.1) is 5.69 Å². The third-order valence-corrected chi connectivity index (χ3v) is 18.9. The zero-order chi connectivity index (χ0) is 61.2. The fraction of sp³-hybridized carbons (Fsp3) is 0.446. The van der Waals surface area contributed by atoms with Crippen molar-refractivity contribution < 1.29 is 94.7 Å². The van der Waals surface area contributed by atoms with E-state index in [1.165, 1.54) is 66.3 Å². The predicted molar refractivity (Wildman–Crippen MR) is 349 cm³/mol. The second-order valence-corrected chi connectivity index (χ2v) is 25.5. The summed E-state index contributed by atoms with van der Waals surface area (Å²) in [4.78, 5) is 36.1. The molecule has 4 bridgehead atoms. The molecule has 5 aromatic heterocycles. The zero-order valence-corrected chi connectivity index (χ0v) is 61.4. The van der Waals surface area contributed by atoms with Crippen LogP contribution >= 0.6 is 0 Å². The summed E-state index contributed by atoms with van der Waals surface area (Å²) >= 11 is 0. The maximum absolute atomic E-state index is 10.3. The molecule has 13 rings (SSSR count). The minimum Gasteiger partial charge on any atom is -0.659 e. The molecule has 4 aliphatic rings. The summed E-state index contributed by atoms with van der Waals surface area (Å²) in [6.07, 6.45) is 19.7. The minimum absolute atomic E-state index is 0. The van der Waals surface area contributed by atoms with Crippen LogP contribution < -0.4 is 4.98 Å². The predicted octanol–water partition coefficient (Wildman–Crippen LogP) is 18.5. The first kappa shape index (κ1) is 75.5. The summed E-state index contributed by atoms with van der Waals surface area (Å²) in [6, 6.07) is 35.3. The fourth-order valence-corrected chi connectivity index (χ4v) is 13.4. The summed E-state index contributed by atoms with van der Waals surface area (Å²) in [6.45, 7) is 24.3. The Morgan fingerprint density at radius 3 is 1.69 bits per heavy atom. The second-order valence-electron chi connectivity index (χ2n) is 25.5. The van der Waals surface area contributed by atoms with E-state index in [2.05, 4.69) is 154 Å². The first-order chi connectivity index (χ1) is 41.5. The number of imidazole rings is 1. The van der Waals surface area contributed by atoms with Gasteiger partial charge in [0.15, 0.2) is 5.82 Å². The van der Waals surface area contributed by atoms with Crippen molar-refractivity contribution in [3.63, 3.8) is 0 Å². The Labute approximate surface area is 588 Å². The van der Waals surface area contributed by atoms with Crippen LogP contribution in [0.15, 0.2) is 134 Å². The molecular weight excluding hydrogens is 1620 g/mol. The minimum atomic E-state index is 0. The Hall–Kier alpha value is -5.18. The summed E-state index contributed by atoms with van der Waals surface area (Å²) < 4.78 is 2.14. The number of hydrogen-bond donors (Lipinski definition) is 3. The number of para-hydroxylation sites is 3. The topological polar surface area (TPSA) is 170 Å². The maximum Gasteiger partial charge on any atom is 0.166 e. The molecule has 90 heavy (non-hydrogen) atoms. The van der Waals surface area contributed by atoms with Crippen LogP contribution in [-0.4, -0.2) is 54.8 Å². The van der Waals surface area contributed by atoms with Gasteiger partial charge in [0.2, 0.25) is 0 Å². The molecule has 0 spiro atoms. The van der Waals surface area contributed by atoms with Crippen LogP contribution in [0.4, 0.5) is 0 Å². The van der Waals surface area contributed by atoms with Gasteiger partial charge in [0.05, 0.1) is 39.7 Å². The number of rotatable bonds is 16. The fourth-order valence-electron chi connectivity index (χ4n) is 13.4. The van der Waals surface area contributed by atoms with Gasteiger partial charge >= 0.3 is 0 Å². The van der Waals surface area contributed by atoms with Crippen LogP contribution in [0.2, 0.25) is 0 Å². The van der Waals surface area contributed by atoms with Crippen molar-refractivity contribution in [1.29, 1.82) is 0 Å². The average molecular weight is 1710 g/mol. The van der Waals surface area contributed by atoms with E-state index in [1.54, 1.807) is 42.7 Å². The number of fused-ring (bicyclic) bond motifs is 1. The van der Waals surface area contributed by atoms with Gasteiger partial charge in [0.1, 0.15) is 35.2 Å². The zero-order valence-electron chi connectivity index (χ0n) is 54.3. The van der Waals surface area contributed by atoms with Crippen molar-refractivity contribution in [3.05, 3.63) is 168 Å². The van der Waals surface area contributed by atoms with Crippen LogP contribution in [0, 0.1) is 29.6 Å². The van der Waals surface area contributed by atoms with E-state index in [0.717, 1.165) is 107 Å². The quantitative estimate of drug-likeness (QED) is 0.0787. The third kappa shape index (κ3) is 18.1. The Morgan fingerprint density at radius 1 is 0.556 bits per heavy atom. The molecule has 9 aromatic rings. The van der Waals surface area contributed by atoms with Gasteiger partial charge < -0.3 is 24.9 Å². The molecule has 5 atom stereocenters. The van der Waals surface area contributed by atoms with Gasteiger partial charge in [-0.1, -0.05) is 137 Å². The Balaban J connectivity index is 0.000000218. The summed E-state index contributed by atoms with van der Waals surface area (Å²) in [5, 5.41) is 29.8. The number of aromatic nitrogens is 9. The molecule has 4 saturated carbocycles. The first-order valence-corrected chi connectivity index (χ1v) is 31.9. The molecule has 5 unspecified atom stereocenters. The number of pyridine rings is 1. The van der Waals surface area contributed by atoms with Crippen molar-refractivity contribution >= 4 is 11.0 Å². The molecular formula is C74H92CoN9O3PdPt2-. The molecule has 4 aromatic carbocycles. The number of aryl methyl sites for hydroxylation is 1. The third-order valence-electron chi connectivity index (χ3n) is 18.9. The van der Waals surface area contributed by atoms with Crippen LogP contribution in [-0.2, 0) is 86.4 Å². The van der Waals surface area contributed by atoms with Crippen LogP contribution in [0.3, 0.4) is 0 Å². The number of phenolic OH excluding ortho intramolecular Hbond substituents is 3. The van der Waals surface area contributed by atoms with Gasteiger partial charge in [0.25, 0.3) is 0 Å². The molecule has 1 radical (unpaired) electrons. The largest absolute Gasteiger partial charge is 0.659 e. The molecule has 4 aliphatic carbocycles. The van der Waals surface area contributed by atoms with Crippen molar-refractivity contribution in [3.8, 4) is 62.7 Å². The molecule has 0 saturated heterocycles. The van der Waals surface area contributed by atoms with Crippen LogP contribution in [0.25, 0.3) is 56.5 Å². The number of hydrogen-bond acceptors (Lipinski definition) is 10. The van der Waals surface area contributed by atoms with Crippen molar-refractivity contribution in [2.45, 2.75) is 176 Å². The second kappa shape index (κ2) is 35.2. The Bertz CT molecular complexity index is 3640. The van der Waals surface area contributed by atoms with E-state index in [0.29, 0.717) is 46.7 Å². The molecule has 0 aliphatic heterocycles. The maximum atomic E-state index is 10.3. The molecule has 491 valence electrons. The molecule has 16 heteroatoms. The number of benzene rings is 4. The number of phenols is 3. The van der Waals surface area contributed by atoms with E-state index in [-0.39, 0.29) is 102 Å². The van der Waals surface area contributed by atoms with E-state index in [9.17, 15) is 15.3 Å². The average Bonchev–Trinajstić information content (AvgIpc) is 2.33. The van der Waals surface area contributed by atoms with Crippen LogP contribution in [0.5, 0.6) is 17.2 Å². The Morgan fingerprint density at radius 2 is 1.13 bits per heavy atom. The smallest absolute Gasteiger partial charge is 0.166 e. The summed E-state index contributed by atoms with van der Waals surface area (Å²) in [5.41, 5.74) is 13.6. The molecule has 0 amide bonds. The van der Waals surface area contributed by atoms with Gasteiger partial charge in [-0.2, -0.15) is 5.69 Å². The van der Waals surface area contributed by atoms with Crippen molar-refractivity contribution in [2.75, 3.05) is 0 Å².